The van der Waals surface area contributed by atoms with Crippen LogP contribution in [0.1, 0.15) is 38.7 Å². The first kappa shape index (κ1) is 27.5. The van der Waals surface area contributed by atoms with Crippen molar-refractivity contribution in [2.45, 2.75) is 51.0 Å². The molecule has 0 aliphatic heterocycles. The third-order valence-electron chi connectivity index (χ3n) is 5.63. The van der Waals surface area contributed by atoms with Crippen molar-refractivity contribution in [3.8, 4) is 5.75 Å². The van der Waals surface area contributed by atoms with Crippen LogP contribution in [0.3, 0.4) is 0 Å². The summed E-state index contributed by atoms with van der Waals surface area (Å²) < 4.78 is 32.6. The molecule has 0 radical (unpaired) electrons. The lowest BCUT2D eigenvalue weighted by atomic mass is 10.1. The minimum atomic E-state index is -4.46. The van der Waals surface area contributed by atoms with Gasteiger partial charge in [-0.25, -0.2) is 9.59 Å². The first-order valence-corrected chi connectivity index (χ1v) is 12.8. The molecule has 0 saturated heterocycles. The Kier molecular flexibility index (Phi) is 9.78. The Morgan fingerprint density at radius 3 is 2.18 bits per heavy atom. The van der Waals surface area contributed by atoms with Gasteiger partial charge in [0.15, 0.2) is 0 Å². The number of sulfonamides is 1. The second-order valence-corrected chi connectivity index (χ2v) is 10.9. The van der Waals surface area contributed by atoms with E-state index < -0.39 is 38.4 Å². The van der Waals surface area contributed by atoms with Crippen molar-refractivity contribution >= 4 is 21.9 Å². The number of aryl methyl sites for hydroxylation is 1. The van der Waals surface area contributed by atoms with Gasteiger partial charge in [0.25, 0.3) is 0 Å². The van der Waals surface area contributed by atoms with Crippen LogP contribution in [0.25, 0.3) is 0 Å². The molecule has 2 atom stereocenters. The van der Waals surface area contributed by atoms with Crippen LogP contribution >= 0.6 is 0 Å². The number of hydrogen-bond donors (Lipinski definition) is 2. The number of nitrogens with two attached hydrogens (primary N) is 1. The highest BCUT2D eigenvalue weighted by Gasteiger charge is 2.58. The molecular weight excluding hydrogens is 456 g/mol. The third kappa shape index (κ3) is 6.22. The lowest BCUT2D eigenvalue weighted by Gasteiger charge is -2.39. The maximum absolute atomic E-state index is 14.1. The number of nitrogens with zero attached hydrogens (tertiary/aromatic N) is 1. The number of rotatable bonds is 13. The summed E-state index contributed by atoms with van der Waals surface area (Å²) >= 11 is 0. The zero-order valence-corrected chi connectivity index (χ0v) is 20.8. The van der Waals surface area contributed by atoms with Crippen molar-refractivity contribution in [3.05, 3.63) is 60.2 Å². The molecule has 8 nitrogen and oxygen atoms in total. The van der Waals surface area contributed by atoms with Gasteiger partial charge in [-0.3, -0.25) is 0 Å². The molecule has 0 saturated carbocycles. The van der Waals surface area contributed by atoms with Crippen LogP contribution in [0.15, 0.2) is 59.5 Å². The molecule has 2 aromatic rings. The van der Waals surface area contributed by atoms with Crippen LogP contribution in [-0.4, -0.2) is 55.0 Å². The van der Waals surface area contributed by atoms with Crippen molar-refractivity contribution in [2.75, 3.05) is 19.7 Å². The van der Waals surface area contributed by atoms with E-state index in [0.717, 1.165) is 5.56 Å². The average Bonchev–Trinajstić information content (AvgIpc) is 2.79. The maximum Gasteiger partial charge on any atom is 0.367 e. The average molecular weight is 492 g/mol. The number of carboxylic acids is 1. The minimum Gasteiger partial charge on any atom is -0.479 e. The molecule has 9 heteroatoms. The highest BCUT2D eigenvalue weighted by molar-refractivity contribution is 7.86. The van der Waals surface area contributed by atoms with Crippen molar-refractivity contribution < 1.29 is 31.7 Å². The van der Waals surface area contributed by atoms with E-state index in [1.54, 1.807) is 56.3 Å². The second-order valence-electron chi connectivity index (χ2n) is 8.79. The van der Waals surface area contributed by atoms with E-state index in [1.807, 2.05) is 6.92 Å². The summed E-state index contributed by atoms with van der Waals surface area (Å²) in [7, 11) is -4.46. The largest absolute Gasteiger partial charge is 0.479 e. The molecule has 1 amide bonds. The summed E-state index contributed by atoms with van der Waals surface area (Å²) in [6.45, 7) is 4.91. The molecule has 2 rings (SSSR count). The van der Waals surface area contributed by atoms with Gasteiger partial charge in [-0.1, -0.05) is 49.7 Å². The Labute approximate surface area is 202 Å². The molecule has 34 heavy (non-hydrogen) atoms. The zero-order chi connectivity index (χ0) is 25.4. The van der Waals surface area contributed by atoms with E-state index in [0.29, 0.717) is 25.1 Å². The molecule has 2 aromatic carbocycles. The Morgan fingerprint density at radius 2 is 1.65 bits per heavy atom. The Balaban J connectivity index is 2.67. The maximum atomic E-state index is 14.1. The number of carbonyl (C=O) groups excluding carboxylic acids is 1. The van der Waals surface area contributed by atoms with Gasteiger partial charge in [-0.15, -0.1) is 3.89 Å². The van der Waals surface area contributed by atoms with Gasteiger partial charge in [0.1, 0.15) is 17.2 Å². The van der Waals surface area contributed by atoms with Crippen molar-refractivity contribution in [1.82, 2.24) is 0 Å². The summed E-state index contributed by atoms with van der Waals surface area (Å²) in [5.41, 5.74) is 6.43. The number of hydrogen-bond acceptors (Lipinski definition) is 6. The predicted molar refractivity (Wildman–Crippen MR) is 130 cm³/mol. The second kappa shape index (κ2) is 12.1. The monoisotopic (exact) mass is 491 g/mol. The molecule has 0 aliphatic carbocycles. The van der Waals surface area contributed by atoms with Crippen LogP contribution in [-0.2, 0) is 19.6 Å². The summed E-state index contributed by atoms with van der Waals surface area (Å²) in [5.74, 6) is -2.07. The van der Waals surface area contributed by atoms with Gasteiger partial charge in [0, 0.05) is 12.3 Å². The van der Waals surface area contributed by atoms with E-state index in [1.165, 1.54) is 12.1 Å². The molecule has 0 aliphatic rings. The van der Waals surface area contributed by atoms with Crippen molar-refractivity contribution in [2.24, 2.45) is 11.7 Å². The van der Waals surface area contributed by atoms with E-state index in [9.17, 15) is 23.1 Å². The predicted octanol–water partition coefficient (Wildman–Crippen LogP) is 3.34. The molecular formula is C25H35N2O6S+. The van der Waals surface area contributed by atoms with Crippen LogP contribution in [0.4, 0.5) is 0 Å². The molecule has 1 unspecified atom stereocenters. The van der Waals surface area contributed by atoms with E-state index in [4.69, 9.17) is 10.5 Å². The van der Waals surface area contributed by atoms with Gasteiger partial charge in [0.05, 0.1) is 0 Å². The number of carbonyl (C=O) groups is 2. The first-order chi connectivity index (χ1) is 16.1. The van der Waals surface area contributed by atoms with Gasteiger partial charge in [-0.05, 0) is 50.6 Å². The topological polar surface area (TPSA) is 124 Å². The molecule has 0 heterocycles. The number of amides is 1. The smallest absolute Gasteiger partial charge is 0.367 e. The number of carboxylic acid groups (broad SMARTS) is 1. The molecule has 0 bridgehead atoms. The van der Waals surface area contributed by atoms with Crippen LogP contribution < -0.4 is 10.5 Å². The number of ether oxygens (including phenoxy) is 1. The van der Waals surface area contributed by atoms with Gasteiger partial charge in [0.2, 0.25) is 12.6 Å². The van der Waals surface area contributed by atoms with Crippen molar-refractivity contribution in [1.29, 1.82) is 0 Å². The molecule has 0 aromatic heterocycles. The fourth-order valence-corrected chi connectivity index (χ4v) is 6.21. The molecule has 0 spiro atoms. The van der Waals surface area contributed by atoms with E-state index in [-0.39, 0.29) is 23.8 Å². The fraction of sp³-hybridized carbons (Fsp3) is 0.440. The Morgan fingerprint density at radius 1 is 1.03 bits per heavy atom. The molecule has 0 fully saturated rings. The third-order valence-corrected chi connectivity index (χ3v) is 7.96. The van der Waals surface area contributed by atoms with Gasteiger partial charge >= 0.3 is 21.9 Å². The molecule has 186 valence electrons. The lowest BCUT2D eigenvalue weighted by Crippen LogP contribution is -2.67. The highest BCUT2D eigenvalue weighted by atomic mass is 32.2. The van der Waals surface area contributed by atoms with Gasteiger partial charge in [-0.2, -0.15) is 8.42 Å². The Hall–Kier alpha value is -2.75. The summed E-state index contributed by atoms with van der Waals surface area (Å²) in [6, 6.07) is 13.1. The van der Waals surface area contributed by atoms with Crippen LogP contribution in [0.5, 0.6) is 5.75 Å². The quantitative estimate of drug-likeness (QED) is 0.325. The number of aliphatic carboxylic acids is 1. The minimum absolute atomic E-state index is 0.0125. The highest BCUT2D eigenvalue weighted by Crippen LogP contribution is 2.33. The normalized spacial score (nSPS) is 14.4. The summed E-state index contributed by atoms with van der Waals surface area (Å²) in [4.78, 5) is 26.2. The van der Waals surface area contributed by atoms with Gasteiger partial charge < -0.3 is 15.6 Å². The van der Waals surface area contributed by atoms with Crippen molar-refractivity contribution in [3.63, 3.8) is 0 Å². The summed E-state index contributed by atoms with van der Waals surface area (Å²) in [6.07, 6.45) is 0.883. The zero-order valence-electron chi connectivity index (χ0n) is 20.0. The number of unbranched alkanes of at least 4 members (excludes halogenated alkanes) is 1. The number of quaternary nitrogens is 1. The number of benzene rings is 2. The lowest BCUT2D eigenvalue weighted by molar-refractivity contribution is -0.753. The van der Waals surface area contributed by atoms with Crippen LogP contribution in [0.2, 0.25) is 0 Å². The molecule has 3 N–H and O–H groups in total. The van der Waals surface area contributed by atoms with Crippen LogP contribution in [0, 0.1) is 12.8 Å². The SMILES string of the molecule is Cc1ccc(S(=O)(=O)[N+](CC(C)C)(C(=O)COc2ccccc2)[C@@H](CCCCN)C(=O)O)cc1. The Bertz CT molecular complexity index is 1050. The fourth-order valence-electron chi connectivity index (χ4n) is 4.01. The van der Waals surface area contributed by atoms with E-state index >= 15 is 0 Å². The first-order valence-electron chi connectivity index (χ1n) is 11.4. The standard InChI is InChI=1S/C25H34N2O6S/c1-19(2)17-27(23(25(29)30)11-7-8-16-26,24(28)18-33-21-9-5-4-6-10-21)34(31,32)22-14-12-20(3)13-15-22/h4-6,9-10,12-15,19,23H,7-8,11,16-18,26H2,1-3H3/p+1/t23-,27?/m0/s1. The number of para-hydroxylation sites is 1. The summed E-state index contributed by atoms with van der Waals surface area (Å²) in [5, 5.41) is 10.2. The van der Waals surface area contributed by atoms with E-state index in [2.05, 4.69) is 0 Å².